The lowest BCUT2D eigenvalue weighted by Crippen LogP contribution is -2.01. The van der Waals surface area contributed by atoms with Crippen LogP contribution in [0.4, 0.5) is 0 Å². The summed E-state index contributed by atoms with van der Waals surface area (Å²) in [6.07, 6.45) is 3.89. The molecule has 0 aliphatic rings. The Morgan fingerprint density at radius 3 is 2.29 bits per heavy atom. The third-order valence-electron chi connectivity index (χ3n) is 3.75. The van der Waals surface area contributed by atoms with Gasteiger partial charge >= 0.3 is 0 Å². The molecule has 3 rings (SSSR count). The van der Waals surface area contributed by atoms with Gasteiger partial charge in [0.2, 0.25) is 0 Å². The first kappa shape index (κ1) is 13.8. The number of hydrogen-bond donors (Lipinski definition) is 0. The fraction of sp³-hybridized carbons (Fsp3) is 0.333. The summed E-state index contributed by atoms with van der Waals surface area (Å²) in [6.45, 7) is 8.84. The first-order valence-corrected chi connectivity index (χ1v) is 7.52. The van der Waals surface area contributed by atoms with E-state index in [0.29, 0.717) is 11.8 Å². The molecule has 0 unspecified atom stereocenters. The highest BCUT2D eigenvalue weighted by Crippen LogP contribution is 2.30. The maximum atomic E-state index is 4.91. The molecule has 0 atom stereocenters. The Hall–Kier alpha value is -2.16. The highest BCUT2D eigenvalue weighted by molar-refractivity contribution is 5.74. The summed E-state index contributed by atoms with van der Waals surface area (Å²) < 4.78 is 2.20. The van der Waals surface area contributed by atoms with Crippen molar-refractivity contribution < 1.29 is 0 Å². The molecule has 0 saturated carbocycles. The van der Waals surface area contributed by atoms with Crippen molar-refractivity contribution in [2.45, 2.75) is 39.5 Å². The molecule has 0 aliphatic heterocycles. The predicted molar refractivity (Wildman–Crippen MR) is 86.6 cm³/mol. The summed E-state index contributed by atoms with van der Waals surface area (Å²) >= 11 is 0. The average Bonchev–Trinajstić information content (AvgIpc) is 2.87. The van der Waals surface area contributed by atoms with Crippen molar-refractivity contribution in [3.8, 4) is 11.3 Å². The van der Waals surface area contributed by atoms with Gasteiger partial charge in [-0.15, -0.1) is 0 Å². The van der Waals surface area contributed by atoms with Crippen molar-refractivity contribution in [1.82, 2.24) is 14.4 Å². The molecule has 0 fully saturated rings. The summed E-state index contributed by atoms with van der Waals surface area (Å²) in [7, 11) is 0. The van der Waals surface area contributed by atoms with Gasteiger partial charge in [0, 0.05) is 23.7 Å². The largest absolute Gasteiger partial charge is 0.300 e. The standard InChI is InChI=1S/C18H21N3/c1-12(2)15-17(13(3)4)21-11-10-19-16(18(21)20-15)14-8-6-5-7-9-14/h5-13H,1-4H3. The summed E-state index contributed by atoms with van der Waals surface area (Å²) in [5.41, 5.74) is 5.48. The van der Waals surface area contributed by atoms with E-state index >= 15 is 0 Å². The van der Waals surface area contributed by atoms with Crippen molar-refractivity contribution in [3.63, 3.8) is 0 Å². The Kier molecular flexibility index (Phi) is 3.50. The summed E-state index contributed by atoms with van der Waals surface area (Å²) in [5, 5.41) is 0. The van der Waals surface area contributed by atoms with E-state index < -0.39 is 0 Å². The molecule has 3 nitrogen and oxygen atoms in total. The van der Waals surface area contributed by atoms with Gasteiger partial charge in [0.05, 0.1) is 5.69 Å². The van der Waals surface area contributed by atoms with Gasteiger partial charge in [0.15, 0.2) is 5.65 Å². The van der Waals surface area contributed by atoms with E-state index in [1.165, 1.54) is 11.4 Å². The van der Waals surface area contributed by atoms with Crippen molar-refractivity contribution in [1.29, 1.82) is 0 Å². The molecule has 3 heteroatoms. The van der Waals surface area contributed by atoms with Crippen LogP contribution in [0.3, 0.4) is 0 Å². The summed E-state index contributed by atoms with van der Waals surface area (Å²) in [6, 6.07) is 10.3. The fourth-order valence-electron chi connectivity index (χ4n) is 2.81. The zero-order chi connectivity index (χ0) is 15.0. The van der Waals surface area contributed by atoms with Crippen LogP contribution >= 0.6 is 0 Å². The van der Waals surface area contributed by atoms with Gasteiger partial charge in [-0.2, -0.15) is 0 Å². The number of nitrogens with zero attached hydrogens (tertiary/aromatic N) is 3. The summed E-state index contributed by atoms with van der Waals surface area (Å²) in [4.78, 5) is 9.48. The van der Waals surface area contributed by atoms with Crippen molar-refractivity contribution >= 4 is 5.65 Å². The van der Waals surface area contributed by atoms with E-state index in [4.69, 9.17) is 4.98 Å². The minimum atomic E-state index is 0.408. The maximum Gasteiger partial charge on any atom is 0.163 e. The van der Waals surface area contributed by atoms with Crippen LogP contribution in [0.15, 0.2) is 42.7 Å². The Labute approximate surface area is 125 Å². The first-order valence-electron chi connectivity index (χ1n) is 7.52. The number of fused-ring (bicyclic) bond motifs is 1. The Bertz CT molecular complexity index is 755. The Morgan fingerprint density at radius 2 is 1.67 bits per heavy atom. The van der Waals surface area contributed by atoms with Crippen LogP contribution in [0.2, 0.25) is 0 Å². The van der Waals surface area contributed by atoms with Crippen molar-refractivity contribution in [2.75, 3.05) is 0 Å². The summed E-state index contributed by atoms with van der Waals surface area (Å²) in [5.74, 6) is 0.842. The maximum absolute atomic E-state index is 4.91. The van der Waals surface area contributed by atoms with Gasteiger partial charge in [0.25, 0.3) is 0 Å². The third kappa shape index (κ3) is 2.33. The highest BCUT2D eigenvalue weighted by Gasteiger charge is 2.20. The number of rotatable bonds is 3. The lowest BCUT2D eigenvalue weighted by atomic mass is 10.0. The predicted octanol–water partition coefficient (Wildman–Crippen LogP) is 4.64. The van der Waals surface area contributed by atoms with E-state index in [2.05, 4.69) is 49.2 Å². The molecule has 0 N–H and O–H groups in total. The van der Waals surface area contributed by atoms with E-state index in [1.807, 2.05) is 30.6 Å². The quantitative estimate of drug-likeness (QED) is 0.699. The van der Waals surface area contributed by atoms with Gasteiger partial charge in [-0.05, 0) is 11.8 Å². The van der Waals surface area contributed by atoms with Crippen LogP contribution in [-0.4, -0.2) is 14.4 Å². The molecule has 0 bridgehead atoms. The first-order chi connectivity index (χ1) is 10.1. The molecule has 21 heavy (non-hydrogen) atoms. The molecule has 1 aromatic carbocycles. The van der Waals surface area contributed by atoms with Gasteiger partial charge in [0.1, 0.15) is 5.69 Å². The zero-order valence-electron chi connectivity index (χ0n) is 13.0. The molecule has 0 amide bonds. The molecular formula is C18H21N3. The molecule has 2 heterocycles. The topological polar surface area (TPSA) is 30.2 Å². The van der Waals surface area contributed by atoms with E-state index in [-0.39, 0.29) is 0 Å². The monoisotopic (exact) mass is 279 g/mol. The molecule has 0 spiro atoms. The van der Waals surface area contributed by atoms with Crippen LogP contribution in [0.5, 0.6) is 0 Å². The Morgan fingerprint density at radius 1 is 0.952 bits per heavy atom. The van der Waals surface area contributed by atoms with Gasteiger partial charge < -0.3 is 4.40 Å². The molecule has 0 aliphatic carbocycles. The van der Waals surface area contributed by atoms with Gasteiger partial charge in [-0.1, -0.05) is 58.0 Å². The normalized spacial score (nSPS) is 11.7. The third-order valence-corrected chi connectivity index (χ3v) is 3.75. The average molecular weight is 279 g/mol. The van der Waals surface area contributed by atoms with Crippen LogP contribution in [-0.2, 0) is 0 Å². The van der Waals surface area contributed by atoms with E-state index in [1.54, 1.807) is 0 Å². The van der Waals surface area contributed by atoms with Crippen molar-refractivity contribution in [3.05, 3.63) is 54.1 Å². The van der Waals surface area contributed by atoms with Crippen molar-refractivity contribution in [2.24, 2.45) is 0 Å². The van der Waals surface area contributed by atoms with Gasteiger partial charge in [-0.3, -0.25) is 4.98 Å². The van der Waals surface area contributed by atoms with Crippen LogP contribution in [0, 0.1) is 0 Å². The van der Waals surface area contributed by atoms with E-state index in [9.17, 15) is 0 Å². The van der Waals surface area contributed by atoms with E-state index in [0.717, 1.165) is 16.9 Å². The lowest BCUT2D eigenvalue weighted by molar-refractivity contribution is 0.745. The highest BCUT2D eigenvalue weighted by atomic mass is 15.1. The molecule has 2 aromatic heterocycles. The molecule has 108 valence electrons. The molecular weight excluding hydrogens is 258 g/mol. The minimum absolute atomic E-state index is 0.408. The number of hydrogen-bond acceptors (Lipinski definition) is 2. The second kappa shape index (κ2) is 5.32. The molecule has 0 radical (unpaired) electrons. The second-order valence-electron chi connectivity index (χ2n) is 6.03. The second-order valence-corrected chi connectivity index (χ2v) is 6.03. The smallest absolute Gasteiger partial charge is 0.163 e. The zero-order valence-corrected chi connectivity index (χ0v) is 13.0. The van der Waals surface area contributed by atoms with Crippen LogP contribution in [0.1, 0.15) is 50.9 Å². The Balaban J connectivity index is 2.32. The van der Waals surface area contributed by atoms with Gasteiger partial charge in [-0.25, -0.2) is 4.98 Å². The number of benzene rings is 1. The fourth-order valence-corrected chi connectivity index (χ4v) is 2.81. The SMILES string of the molecule is CC(C)c1nc2c(-c3ccccc3)nccn2c1C(C)C. The lowest BCUT2D eigenvalue weighted by Gasteiger charge is -2.10. The van der Waals surface area contributed by atoms with Crippen LogP contribution < -0.4 is 0 Å². The minimum Gasteiger partial charge on any atom is -0.300 e. The molecule has 0 saturated heterocycles. The van der Waals surface area contributed by atoms with Crippen LogP contribution in [0.25, 0.3) is 16.9 Å². The number of imidazole rings is 1. The molecule has 3 aromatic rings. The number of aromatic nitrogens is 3.